The molecule has 0 radical (unpaired) electrons. The molecule has 3 aromatic carbocycles. The number of ether oxygens (including phenoxy) is 2. The molecule has 0 saturated heterocycles. The van der Waals surface area contributed by atoms with Gasteiger partial charge in [-0.1, -0.05) is 42.5 Å². The summed E-state index contributed by atoms with van der Waals surface area (Å²) >= 11 is 0. The third kappa shape index (κ3) is 6.64. The molecule has 0 bridgehead atoms. The van der Waals surface area contributed by atoms with Gasteiger partial charge in [0.25, 0.3) is 5.91 Å². The van der Waals surface area contributed by atoms with E-state index in [1.165, 1.54) is 23.9 Å². The molecule has 0 aliphatic heterocycles. The lowest BCUT2D eigenvalue weighted by molar-refractivity contribution is 0.0953. The molecule has 0 fully saturated rings. The van der Waals surface area contributed by atoms with Crippen molar-refractivity contribution >= 4 is 5.91 Å². The molecule has 0 saturated carbocycles. The lowest BCUT2D eigenvalue weighted by Gasteiger charge is -2.09. The fraction of sp³-hybridized carbons (Fsp3) is 0.111. The van der Waals surface area contributed by atoms with E-state index in [4.69, 9.17) is 9.47 Å². The van der Waals surface area contributed by atoms with Crippen LogP contribution in [0.4, 0.5) is 4.39 Å². The Morgan fingerprint density at radius 3 is 2.33 bits per heavy atom. The third-order valence-electron chi connectivity index (χ3n) is 4.88. The normalized spacial score (nSPS) is 10.5. The van der Waals surface area contributed by atoms with Crippen LogP contribution in [0.5, 0.6) is 17.4 Å². The van der Waals surface area contributed by atoms with Gasteiger partial charge in [-0.2, -0.15) is 0 Å². The average Bonchev–Trinajstić information content (AvgIpc) is 2.85. The van der Waals surface area contributed by atoms with Gasteiger partial charge in [-0.25, -0.2) is 9.37 Å². The second-order valence-corrected chi connectivity index (χ2v) is 7.37. The molecular formula is C27H23FN2O3. The average molecular weight is 442 g/mol. The van der Waals surface area contributed by atoms with Crippen LogP contribution in [0, 0.1) is 5.82 Å². The van der Waals surface area contributed by atoms with E-state index in [1.54, 1.807) is 48.5 Å². The van der Waals surface area contributed by atoms with Crippen molar-refractivity contribution in [2.24, 2.45) is 0 Å². The third-order valence-corrected chi connectivity index (χ3v) is 4.88. The van der Waals surface area contributed by atoms with Gasteiger partial charge in [0.15, 0.2) is 0 Å². The van der Waals surface area contributed by atoms with Crippen LogP contribution in [0.25, 0.3) is 0 Å². The number of nitrogens with one attached hydrogen (secondary N) is 1. The molecule has 166 valence electrons. The minimum absolute atomic E-state index is 0.176. The van der Waals surface area contributed by atoms with Crippen LogP contribution in [-0.4, -0.2) is 17.4 Å². The van der Waals surface area contributed by atoms with Crippen molar-refractivity contribution in [2.45, 2.75) is 13.0 Å². The second-order valence-electron chi connectivity index (χ2n) is 7.37. The summed E-state index contributed by atoms with van der Waals surface area (Å²) in [5.74, 6) is 1.14. The van der Waals surface area contributed by atoms with Gasteiger partial charge in [0.2, 0.25) is 5.88 Å². The fourth-order valence-corrected chi connectivity index (χ4v) is 3.16. The molecule has 4 rings (SSSR count). The van der Waals surface area contributed by atoms with Gasteiger partial charge in [-0.15, -0.1) is 0 Å². The Kier molecular flexibility index (Phi) is 7.28. The molecule has 0 atom stereocenters. The summed E-state index contributed by atoms with van der Waals surface area (Å²) in [6, 6.07) is 26.7. The molecule has 0 unspecified atom stereocenters. The van der Waals surface area contributed by atoms with Crippen molar-refractivity contribution < 1.29 is 18.7 Å². The first-order valence-corrected chi connectivity index (χ1v) is 10.6. The Labute approximate surface area is 191 Å². The van der Waals surface area contributed by atoms with E-state index in [1.807, 2.05) is 30.3 Å². The lowest BCUT2D eigenvalue weighted by atomic mass is 10.1. The molecule has 5 nitrogen and oxygen atoms in total. The Morgan fingerprint density at radius 1 is 0.848 bits per heavy atom. The highest BCUT2D eigenvalue weighted by molar-refractivity contribution is 5.93. The lowest BCUT2D eigenvalue weighted by Crippen LogP contribution is -2.25. The highest BCUT2D eigenvalue weighted by Gasteiger charge is 2.07. The Hall–Kier alpha value is -4.19. The second kappa shape index (κ2) is 10.9. The summed E-state index contributed by atoms with van der Waals surface area (Å²) in [7, 11) is 0. The van der Waals surface area contributed by atoms with E-state index in [0.29, 0.717) is 29.5 Å². The first-order valence-electron chi connectivity index (χ1n) is 10.6. The number of aromatic nitrogens is 1. The number of rotatable bonds is 9. The van der Waals surface area contributed by atoms with Crippen molar-refractivity contribution in [3.8, 4) is 17.4 Å². The van der Waals surface area contributed by atoms with Gasteiger partial charge in [-0.3, -0.25) is 4.79 Å². The van der Waals surface area contributed by atoms with Crippen LogP contribution in [0.2, 0.25) is 0 Å². The van der Waals surface area contributed by atoms with Crippen molar-refractivity contribution in [3.05, 3.63) is 120 Å². The Morgan fingerprint density at radius 2 is 1.61 bits per heavy atom. The zero-order chi connectivity index (χ0) is 22.9. The zero-order valence-corrected chi connectivity index (χ0v) is 17.9. The quantitative estimate of drug-likeness (QED) is 0.368. The van der Waals surface area contributed by atoms with Crippen molar-refractivity contribution in [3.63, 3.8) is 0 Å². The number of nitrogens with zero attached hydrogens (tertiary/aromatic N) is 1. The van der Waals surface area contributed by atoms with E-state index in [9.17, 15) is 9.18 Å². The van der Waals surface area contributed by atoms with Crippen LogP contribution in [0.15, 0.2) is 97.2 Å². The number of halogens is 1. The molecule has 4 aromatic rings. The molecule has 0 aliphatic carbocycles. The number of hydrogen-bond acceptors (Lipinski definition) is 4. The van der Waals surface area contributed by atoms with Crippen molar-refractivity contribution in [1.29, 1.82) is 0 Å². The van der Waals surface area contributed by atoms with Crippen LogP contribution < -0.4 is 14.8 Å². The molecule has 1 amide bonds. The van der Waals surface area contributed by atoms with Crippen molar-refractivity contribution in [2.75, 3.05) is 6.54 Å². The first kappa shape index (κ1) is 22.0. The van der Waals surface area contributed by atoms with E-state index in [0.717, 1.165) is 12.0 Å². The number of benzene rings is 3. The summed E-state index contributed by atoms with van der Waals surface area (Å²) < 4.78 is 24.7. The minimum atomic E-state index is -0.289. The highest BCUT2D eigenvalue weighted by Crippen LogP contribution is 2.23. The maximum Gasteiger partial charge on any atom is 0.252 e. The summed E-state index contributed by atoms with van der Waals surface area (Å²) in [6.45, 7) is 0.823. The largest absolute Gasteiger partial charge is 0.489 e. The van der Waals surface area contributed by atoms with Crippen LogP contribution in [-0.2, 0) is 13.0 Å². The smallest absolute Gasteiger partial charge is 0.252 e. The van der Waals surface area contributed by atoms with E-state index in [-0.39, 0.29) is 18.3 Å². The first-order chi connectivity index (χ1) is 16.2. The highest BCUT2D eigenvalue weighted by atomic mass is 19.1. The van der Waals surface area contributed by atoms with Gasteiger partial charge in [0.05, 0.1) is 5.56 Å². The van der Waals surface area contributed by atoms with Crippen molar-refractivity contribution in [1.82, 2.24) is 10.3 Å². The number of pyridine rings is 1. The van der Waals surface area contributed by atoms with Gasteiger partial charge in [-0.05, 0) is 60.0 Å². The zero-order valence-electron chi connectivity index (χ0n) is 17.9. The Balaban J connectivity index is 1.25. The maximum absolute atomic E-state index is 13.2. The summed E-state index contributed by atoms with van der Waals surface area (Å²) in [5.41, 5.74) is 2.39. The van der Waals surface area contributed by atoms with Crippen LogP contribution >= 0.6 is 0 Å². The van der Waals surface area contributed by atoms with E-state index in [2.05, 4.69) is 10.3 Å². The minimum Gasteiger partial charge on any atom is -0.489 e. The fourth-order valence-electron chi connectivity index (χ4n) is 3.16. The predicted molar refractivity (Wildman–Crippen MR) is 124 cm³/mol. The molecular weight excluding hydrogens is 419 g/mol. The molecule has 1 aromatic heterocycles. The van der Waals surface area contributed by atoms with Gasteiger partial charge in [0, 0.05) is 18.8 Å². The predicted octanol–water partition coefficient (Wildman–Crippen LogP) is 5.56. The number of amides is 1. The molecule has 6 heteroatoms. The summed E-state index contributed by atoms with van der Waals surface area (Å²) in [5, 5.41) is 2.90. The molecule has 0 aliphatic rings. The molecule has 33 heavy (non-hydrogen) atoms. The van der Waals surface area contributed by atoms with Gasteiger partial charge in [0.1, 0.15) is 23.9 Å². The Bertz CT molecular complexity index is 1180. The molecule has 1 N–H and O–H groups in total. The SMILES string of the molecule is O=C(NCCc1ccccc1)c1ccc(Oc2ccc(OCc3cccc(F)c3)cc2)nc1. The van der Waals surface area contributed by atoms with Crippen LogP contribution in [0.3, 0.4) is 0 Å². The summed E-state index contributed by atoms with van der Waals surface area (Å²) in [4.78, 5) is 16.5. The van der Waals surface area contributed by atoms with E-state index >= 15 is 0 Å². The topological polar surface area (TPSA) is 60.5 Å². The maximum atomic E-state index is 13.2. The van der Waals surface area contributed by atoms with Gasteiger partial charge < -0.3 is 14.8 Å². The number of carbonyl (C=O) groups excluding carboxylic acids is 1. The van der Waals surface area contributed by atoms with Gasteiger partial charge >= 0.3 is 0 Å². The monoisotopic (exact) mass is 442 g/mol. The van der Waals surface area contributed by atoms with E-state index < -0.39 is 0 Å². The van der Waals surface area contributed by atoms with Crippen LogP contribution in [0.1, 0.15) is 21.5 Å². The number of hydrogen-bond donors (Lipinski definition) is 1. The molecule has 0 spiro atoms. The standard InChI is InChI=1S/C27H23FN2O3/c28-23-8-4-7-21(17-23)19-32-24-10-12-25(13-11-24)33-26-14-9-22(18-30-26)27(31)29-16-15-20-5-2-1-3-6-20/h1-14,17-18H,15-16,19H2,(H,29,31). The molecule has 1 heterocycles. The number of carbonyl (C=O) groups is 1. The summed E-state index contributed by atoms with van der Waals surface area (Å²) in [6.07, 6.45) is 2.26.